The lowest BCUT2D eigenvalue weighted by molar-refractivity contribution is 0.102. The smallest absolute Gasteiger partial charge is 0.259 e. The zero-order valence-electron chi connectivity index (χ0n) is 14.0. The summed E-state index contributed by atoms with van der Waals surface area (Å²) < 4.78 is 40.4. The second kappa shape index (κ2) is 8.10. The molecule has 9 heteroatoms. The summed E-state index contributed by atoms with van der Waals surface area (Å²) in [5.41, 5.74) is -0.717. The van der Waals surface area contributed by atoms with Crippen molar-refractivity contribution in [2.24, 2.45) is 0 Å². The molecule has 0 aliphatic carbocycles. The van der Waals surface area contributed by atoms with Crippen molar-refractivity contribution in [1.82, 2.24) is 4.98 Å². The van der Waals surface area contributed by atoms with Crippen molar-refractivity contribution < 1.29 is 22.8 Å². The average molecular weight is 406 g/mol. The second-order valence-electron chi connectivity index (χ2n) is 5.58. The minimum atomic E-state index is -1.07. The molecule has 2 aromatic carbocycles. The fraction of sp³-hybridized carbons (Fsp3) is 0. The molecule has 0 atom stereocenters. The van der Waals surface area contributed by atoms with Crippen molar-refractivity contribution in [3.05, 3.63) is 88.3 Å². The largest absolute Gasteiger partial charge is 0.321 e. The lowest BCUT2D eigenvalue weighted by atomic mass is 10.1. The number of hydrogen-bond acceptors (Lipinski definition) is 3. The van der Waals surface area contributed by atoms with Gasteiger partial charge in [-0.15, -0.1) is 0 Å². The van der Waals surface area contributed by atoms with Crippen LogP contribution in [0.5, 0.6) is 0 Å². The highest BCUT2D eigenvalue weighted by molar-refractivity contribution is 6.30. The van der Waals surface area contributed by atoms with Crippen LogP contribution in [0.2, 0.25) is 5.02 Å². The first-order chi connectivity index (χ1) is 13.3. The fourth-order valence-electron chi connectivity index (χ4n) is 2.31. The van der Waals surface area contributed by atoms with Crippen molar-refractivity contribution in [2.45, 2.75) is 0 Å². The van der Waals surface area contributed by atoms with Gasteiger partial charge in [0.2, 0.25) is 0 Å². The van der Waals surface area contributed by atoms with E-state index in [1.165, 1.54) is 18.3 Å². The summed E-state index contributed by atoms with van der Waals surface area (Å²) in [6, 6.07) is 8.44. The van der Waals surface area contributed by atoms with E-state index in [0.717, 1.165) is 30.3 Å². The maximum Gasteiger partial charge on any atom is 0.259 e. The number of benzene rings is 2. The van der Waals surface area contributed by atoms with E-state index in [1.54, 1.807) is 0 Å². The molecule has 0 aliphatic rings. The summed E-state index contributed by atoms with van der Waals surface area (Å²) in [4.78, 5) is 28.6. The van der Waals surface area contributed by atoms with Crippen molar-refractivity contribution in [1.29, 1.82) is 0 Å². The third-order valence-corrected chi connectivity index (χ3v) is 3.84. The van der Waals surface area contributed by atoms with Crippen LogP contribution in [-0.4, -0.2) is 16.8 Å². The first-order valence-electron chi connectivity index (χ1n) is 7.82. The normalized spacial score (nSPS) is 10.4. The minimum absolute atomic E-state index is 0.0680. The van der Waals surface area contributed by atoms with Gasteiger partial charge >= 0.3 is 0 Å². The Morgan fingerprint density at radius 1 is 0.821 bits per heavy atom. The highest BCUT2D eigenvalue weighted by Crippen LogP contribution is 2.21. The van der Waals surface area contributed by atoms with Gasteiger partial charge in [-0.25, -0.2) is 18.2 Å². The summed E-state index contributed by atoms with van der Waals surface area (Å²) >= 11 is 5.72. The summed E-state index contributed by atoms with van der Waals surface area (Å²) in [5.74, 6) is -4.17. The quantitative estimate of drug-likeness (QED) is 0.663. The van der Waals surface area contributed by atoms with E-state index in [0.29, 0.717) is 11.1 Å². The van der Waals surface area contributed by atoms with Gasteiger partial charge in [0.15, 0.2) is 0 Å². The van der Waals surface area contributed by atoms with Crippen LogP contribution in [0.1, 0.15) is 20.7 Å². The highest BCUT2D eigenvalue weighted by Gasteiger charge is 2.18. The minimum Gasteiger partial charge on any atom is -0.321 e. The molecule has 142 valence electrons. The van der Waals surface area contributed by atoms with Gasteiger partial charge in [-0.1, -0.05) is 11.6 Å². The average Bonchev–Trinajstić information content (AvgIpc) is 2.65. The molecule has 0 saturated heterocycles. The van der Waals surface area contributed by atoms with Gasteiger partial charge in [0.1, 0.15) is 23.3 Å². The molecule has 28 heavy (non-hydrogen) atoms. The molecule has 3 aromatic rings. The monoisotopic (exact) mass is 405 g/mol. The number of hydrogen-bond donors (Lipinski definition) is 2. The molecule has 1 aromatic heterocycles. The number of nitrogens with zero attached hydrogens (tertiary/aromatic N) is 1. The standard InChI is InChI=1S/C19H11ClF3N3O2/c20-10-1-6-17(24-9-10)26-19(28)14-7-11(21)3-5-16(14)25-18(27)13-4-2-12(22)8-15(13)23/h1-9H,(H,25,27)(H,24,26,28). The van der Waals surface area contributed by atoms with Crippen LogP contribution in [0, 0.1) is 17.5 Å². The predicted octanol–water partition coefficient (Wildman–Crippen LogP) is 4.66. The number of carbonyl (C=O) groups is 2. The van der Waals surface area contributed by atoms with Gasteiger partial charge < -0.3 is 10.6 Å². The van der Waals surface area contributed by atoms with Gasteiger partial charge in [-0.3, -0.25) is 9.59 Å². The van der Waals surface area contributed by atoms with Crippen LogP contribution in [-0.2, 0) is 0 Å². The number of anilines is 2. The Morgan fingerprint density at radius 2 is 1.50 bits per heavy atom. The molecule has 0 fully saturated rings. The molecule has 0 bridgehead atoms. The number of rotatable bonds is 4. The van der Waals surface area contributed by atoms with E-state index in [2.05, 4.69) is 15.6 Å². The molecular formula is C19H11ClF3N3O2. The lowest BCUT2D eigenvalue weighted by Gasteiger charge is -2.12. The van der Waals surface area contributed by atoms with E-state index in [4.69, 9.17) is 11.6 Å². The molecule has 5 nitrogen and oxygen atoms in total. The van der Waals surface area contributed by atoms with Crippen molar-refractivity contribution in [3.63, 3.8) is 0 Å². The van der Waals surface area contributed by atoms with E-state index in [9.17, 15) is 22.8 Å². The fourth-order valence-corrected chi connectivity index (χ4v) is 2.42. The Hall–Kier alpha value is -3.39. The number of amides is 2. The maximum absolute atomic E-state index is 13.8. The van der Waals surface area contributed by atoms with Crippen molar-refractivity contribution >= 4 is 34.9 Å². The number of pyridine rings is 1. The van der Waals surface area contributed by atoms with Gasteiger partial charge in [0.05, 0.1) is 21.8 Å². The summed E-state index contributed by atoms with van der Waals surface area (Å²) in [5, 5.41) is 5.11. The molecule has 0 unspecified atom stereocenters. The first kappa shape index (κ1) is 19.4. The Bertz CT molecular complexity index is 1060. The van der Waals surface area contributed by atoms with E-state index >= 15 is 0 Å². The summed E-state index contributed by atoms with van der Waals surface area (Å²) in [7, 11) is 0. The van der Waals surface area contributed by atoms with Crippen molar-refractivity contribution in [2.75, 3.05) is 10.6 Å². The number of halogens is 4. The van der Waals surface area contributed by atoms with Crippen LogP contribution in [0.25, 0.3) is 0 Å². The van der Waals surface area contributed by atoms with Crippen LogP contribution in [0.4, 0.5) is 24.7 Å². The van der Waals surface area contributed by atoms with Gasteiger partial charge in [0.25, 0.3) is 11.8 Å². The zero-order valence-corrected chi connectivity index (χ0v) is 14.7. The molecule has 0 saturated carbocycles. The Labute approximate surface area is 162 Å². The molecule has 0 aliphatic heterocycles. The van der Waals surface area contributed by atoms with Gasteiger partial charge in [-0.2, -0.15) is 0 Å². The first-order valence-corrected chi connectivity index (χ1v) is 8.20. The van der Waals surface area contributed by atoms with E-state index in [-0.39, 0.29) is 17.1 Å². The van der Waals surface area contributed by atoms with Crippen LogP contribution in [0.15, 0.2) is 54.7 Å². The molecule has 3 rings (SSSR count). The van der Waals surface area contributed by atoms with Gasteiger partial charge in [0, 0.05) is 12.3 Å². The molecule has 0 radical (unpaired) electrons. The Kier molecular flexibility index (Phi) is 5.60. The van der Waals surface area contributed by atoms with Gasteiger partial charge in [-0.05, 0) is 42.5 Å². The molecule has 0 spiro atoms. The SMILES string of the molecule is O=C(Nc1ccc(F)cc1C(=O)Nc1ccc(Cl)cn1)c1ccc(F)cc1F. The summed E-state index contributed by atoms with van der Waals surface area (Å²) in [6.45, 7) is 0. The molecule has 2 amide bonds. The number of carbonyl (C=O) groups excluding carboxylic acids is 2. The van der Waals surface area contributed by atoms with Crippen LogP contribution >= 0.6 is 11.6 Å². The van der Waals surface area contributed by atoms with E-state index in [1.807, 2.05) is 0 Å². The zero-order chi connectivity index (χ0) is 20.3. The van der Waals surface area contributed by atoms with Crippen LogP contribution in [0.3, 0.4) is 0 Å². The number of aromatic nitrogens is 1. The third kappa shape index (κ3) is 4.47. The maximum atomic E-state index is 13.8. The lowest BCUT2D eigenvalue weighted by Crippen LogP contribution is -2.19. The topological polar surface area (TPSA) is 71.1 Å². The molecule has 2 N–H and O–H groups in total. The third-order valence-electron chi connectivity index (χ3n) is 3.62. The highest BCUT2D eigenvalue weighted by atomic mass is 35.5. The Balaban J connectivity index is 1.86. The van der Waals surface area contributed by atoms with E-state index < -0.39 is 34.8 Å². The number of nitrogens with one attached hydrogen (secondary N) is 2. The summed E-state index contributed by atoms with van der Waals surface area (Å²) in [6.07, 6.45) is 1.31. The molecular weight excluding hydrogens is 395 g/mol. The molecule has 1 heterocycles. The second-order valence-corrected chi connectivity index (χ2v) is 6.02. The van der Waals surface area contributed by atoms with Crippen molar-refractivity contribution in [3.8, 4) is 0 Å². The predicted molar refractivity (Wildman–Crippen MR) is 97.9 cm³/mol. The van der Waals surface area contributed by atoms with Crippen LogP contribution < -0.4 is 10.6 Å². The Morgan fingerprint density at radius 3 is 2.18 bits per heavy atom.